The van der Waals surface area contributed by atoms with Crippen LogP contribution in [-0.4, -0.2) is 11.1 Å². The Bertz CT molecular complexity index is 970. The molecule has 0 saturated heterocycles. The summed E-state index contributed by atoms with van der Waals surface area (Å²) in [7, 11) is 0. The Morgan fingerprint density at radius 3 is 2.33 bits per heavy atom. The molecule has 2 atom stereocenters. The number of nitrogens with zero attached hydrogens (tertiary/aromatic N) is 3. The molecular formula is C23H25IN3+. The van der Waals surface area contributed by atoms with E-state index in [1.165, 1.54) is 28.3 Å². The molecule has 0 amide bonds. The summed E-state index contributed by atoms with van der Waals surface area (Å²) in [6, 6.07) is 21.7. The van der Waals surface area contributed by atoms with Crippen LogP contribution < -0.4 is 7.60 Å². The van der Waals surface area contributed by atoms with Crippen LogP contribution >= 0.6 is 22.9 Å². The summed E-state index contributed by atoms with van der Waals surface area (Å²) >= 11 is 2.59. The zero-order chi connectivity index (χ0) is 19.2. The number of halogens is 1. The maximum Gasteiger partial charge on any atom is 0.262 e. The third kappa shape index (κ3) is 2.86. The van der Waals surface area contributed by atoms with E-state index in [1.54, 1.807) is 0 Å². The number of aryl methyl sites for hydroxylation is 1. The summed E-state index contributed by atoms with van der Waals surface area (Å²) < 4.78 is 0.688. The number of aromatic nitrogens is 1. The van der Waals surface area contributed by atoms with E-state index in [-0.39, 0.29) is 6.17 Å². The Kier molecular flexibility index (Phi) is 4.72. The molecule has 2 heterocycles. The number of fused-ring (bicyclic) bond motifs is 1. The first-order valence-electron chi connectivity index (χ1n) is 9.44. The Balaban J connectivity index is 1.98. The van der Waals surface area contributed by atoms with E-state index in [0.717, 1.165) is 5.69 Å². The normalized spacial score (nSPS) is 21.6. The lowest BCUT2D eigenvalue weighted by Gasteiger charge is -2.33. The maximum atomic E-state index is 4.81. The highest BCUT2D eigenvalue weighted by Crippen LogP contribution is 2.56. The largest absolute Gasteiger partial charge is 0.285 e. The van der Waals surface area contributed by atoms with Gasteiger partial charge in [0.25, 0.3) is 22.9 Å². The van der Waals surface area contributed by atoms with Gasteiger partial charge in [0.2, 0.25) is 0 Å². The van der Waals surface area contributed by atoms with Crippen LogP contribution in [0.5, 0.6) is 0 Å². The van der Waals surface area contributed by atoms with Gasteiger partial charge >= 0.3 is 0 Å². The number of para-hydroxylation sites is 2. The van der Waals surface area contributed by atoms with Crippen LogP contribution in [0.4, 0.5) is 22.7 Å². The van der Waals surface area contributed by atoms with E-state index in [4.69, 9.17) is 4.98 Å². The fourth-order valence-corrected chi connectivity index (χ4v) is 4.88. The minimum atomic E-state index is 0.216. The van der Waals surface area contributed by atoms with Crippen molar-refractivity contribution >= 4 is 45.6 Å². The number of anilines is 2. The summed E-state index contributed by atoms with van der Waals surface area (Å²) in [6.07, 6.45) is 2.30. The molecule has 138 valence electrons. The molecule has 27 heavy (non-hydrogen) atoms. The maximum absolute atomic E-state index is 4.81. The van der Waals surface area contributed by atoms with Crippen molar-refractivity contribution in [3.63, 3.8) is 0 Å². The molecule has 0 radical (unpaired) electrons. The molecule has 1 aliphatic rings. The average Bonchev–Trinajstić information content (AvgIpc) is 2.91. The monoisotopic (exact) mass is 470 g/mol. The Hall–Kier alpha value is -1.92. The molecule has 3 nitrogen and oxygen atoms in total. The van der Waals surface area contributed by atoms with Crippen molar-refractivity contribution in [2.24, 2.45) is 0 Å². The molecule has 4 heteroatoms. The molecule has 0 fully saturated rings. The van der Waals surface area contributed by atoms with Crippen molar-refractivity contribution in [2.75, 3.05) is 4.90 Å². The zero-order valence-corrected chi connectivity index (χ0v) is 18.4. The van der Waals surface area contributed by atoms with Crippen LogP contribution in [0.1, 0.15) is 37.9 Å². The van der Waals surface area contributed by atoms with Gasteiger partial charge in [-0.25, -0.2) is 0 Å². The number of quaternary nitrogens is 1. The topological polar surface area (TPSA) is 16.1 Å². The van der Waals surface area contributed by atoms with E-state index in [9.17, 15) is 0 Å². The highest BCUT2D eigenvalue weighted by atomic mass is 127. The summed E-state index contributed by atoms with van der Waals surface area (Å²) in [5, 5.41) is 0. The molecule has 1 aromatic heterocycles. The lowest BCUT2D eigenvalue weighted by molar-refractivity contribution is 0.543. The van der Waals surface area contributed by atoms with Crippen molar-refractivity contribution in [3.05, 3.63) is 78.1 Å². The standard InChI is InChI=1S/C23H25IN3/c1-16(2)20-14-22-23(15-25-20)27(24,19-11-6-5-7-12-19)18(4)26(22)21-13-9-8-10-17(21)3/h5-16,18H,1-4H3/q+1/t18-,27?/m1/s1. The number of hydrogen-bond acceptors (Lipinski definition) is 2. The van der Waals surface area contributed by atoms with Crippen LogP contribution in [-0.2, 0) is 0 Å². The zero-order valence-electron chi connectivity index (χ0n) is 16.2. The fourth-order valence-electron chi connectivity index (χ4n) is 3.94. The molecule has 0 bridgehead atoms. The van der Waals surface area contributed by atoms with Crippen LogP contribution in [0.3, 0.4) is 0 Å². The first kappa shape index (κ1) is 18.4. The Labute approximate surface area is 175 Å². The van der Waals surface area contributed by atoms with Crippen molar-refractivity contribution < 1.29 is 0 Å². The third-order valence-corrected chi connectivity index (χ3v) is 7.36. The second-order valence-corrected chi connectivity index (χ2v) is 9.04. The second kappa shape index (κ2) is 6.91. The smallest absolute Gasteiger partial charge is 0.262 e. The lowest BCUT2D eigenvalue weighted by atomic mass is 10.1. The average molecular weight is 470 g/mol. The first-order valence-corrected chi connectivity index (χ1v) is 10.4. The predicted octanol–water partition coefficient (Wildman–Crippen LogP) is 7.00. The fraction of sp³-hybridized carbons (Fsp3) is 0.261. The first-order chi connectivity index (χ1) is 12.9. The van der Waals surface area contributed by atoms with Gasteiger partial charge in [0, 0.05) is 30.4 Å². The molecule has 2 aromatic carbocycles. The van der Waals surface area contributed by atoms with Gasteiger partial charge in [-0.05, 0) is 30.5 Å². The van der Waals surface area contributed by atoms with Gasteiger partial charge in [0.1, 0.15) is 11.4 Å². The minimum absolute atomic E-state index is 0.216. The van der Waals surface area contributed by atoms with Crippen molar-refractivity contribution in [1.29, 1.82) is 0 Å². The van der Waals surface area contributed by atoms with Crippen LogP contribution in [0.25, 0.3) is 0 Å². The van der Waals surface area contributed by atoms with Gasteiger partial charge in [0.05, 0.1) is 6.20 Å². The van der Waals surface area contributed by atoms with Gasteiger partial charge in [-0.3, -0.25) is 9.88 Å². The number of pyridine rings is 1. The van der Waals surface area contributed by atoms with Gasteiger partial charge in [-0.15, -0.1) is 0 Å². The molecular weight excluding hydrogens is 445 g/mol. The Morgan fingerprint density at radius 2 is 1.67 bits per heavy atom. The highest BCUT2D eigenvalue weighted by Gasteiger charge is 2.51. The molecule has 0 spiro atoms. The quantitative estimate of drug-likeness (QED) is 0.303. The summed E-state index contributed by atoms with van der Waals surface area (Å²) in [6.45, 7) is 8.90. The van der Waals surface area contributed by atoms with Crippen LogP contribution in [0, 0.1) is 6.92 Å². The number of benzene rings is 2. The summed E-state index contributed by atoms with van der Waals surface area (Å²) in [5.74, 6) is 0.401. The number of rotatable bonds is 3. The number of hydrogen-bond donors (Lipinski definition) is 0. The van der Waals surface area contributed by atoms with Gasteiger partial charge in [0.15, 0.2) is 11.9 Å². The van der Waals surface area contributed by atoms with E-state index in [1.807, 2.05) is 0 Å². The molecule has 3 aromatic rings. The molecule has 0 saturated carbocycles. The molecule has 4 rings (SSSR count). The van der Waals surface area contributed by atoms with E-state index >= 15 is 0 Å². The van der Waals surface area contributed by atoms with Gasteiger partial charge in [-0.1, -0.05) is 50.2 Å². The van der Waals surface area contributed by atoms with Crippen molar-refractivity contribution in [3.8, 4) is 0 Å². The summed E-state index contributed by atoms with van der Waals surface area (Å²) in [5.41, 5.74) is 7.45. The predicted molar refractivity (Wildman–Crippen MR) is 123 cm³/mol. The van der Waals surface area contributed by atoms with Crippen LogP contribution in [0.2, 0.25) is 0 Å². The SMILES string of the molecule is Cc1ccccc1N1c2cc(C(C)C)ncc2[N+](I)(c2ccccc2)[C@@H]1C. The van der Waals surface area contributed by atoms with Gasteiger partial charge < -0.3 is 0 Å². The van der Waals surface area contributed by atoms with Crippen LogP contribution in [0.15, 0.2) is 66.9 Å². The highest BCUT2D eigenvalue weighted by molar-refractivity contribution is 14.1. The third-order valence-electron chi connectivity index (χ3n) is 5.48. The molecule has 0 aliphatic carbocycles. The Morgan fingerprint density at radius 1 is 1.00 bits per heavy atom. The molecule has 1 aliphatic heterocycles. The molecule has 1 unspecified atom stereocenters. The van der Waals surface area contributed by atoms with E-state index in [2.05, 4.69) is 122 Å². The minimum Gasteiger partial charge on any atom is -0.285 e. The van der Waals surface area contributed by atoms with Crippen molar-refractivity contribution in [1.82, 2.24) is 7.68 Å². The summed E-state index contributed by atoms with van der Waals surface area (Å²) in [4.78, 5) is 7.29. The van der Waals surface area contributed by atoms with Crippen molar-refractivity contribution in [2.45, 2.75) is 39.8 Å². The molecule has 0 N–H and O–H groups in total. The van der Waals surface area contributed by atoms with E-state index < -0.39 is 0 Å². The second-order valence-electron chi connectivity index (χ2n) is 7.51. The lowest BCUT2D eigenvalue weighted by Crippen LogP contribution is -2.45. The van der Waals surface area contributed by atoms with Gasteiger partial charge in [-0.2, -0.15) is 2.70 Å². The van der Waals surface area contributed by atoms with E-state index in [0.29, 0.717) is 8.61 Å².